The van der Waals surface area contributed by atoms with Crippen LogP contribution in [0.2, 0.25) is 0 Å². The minimum absolute atomic E-state index is 0.0172. The van der Waals surface area contributed by atoms with Crippen molar-refractivity contribution in [2.45, 2.75) is 44.3 Å². The molecule has 6 heterocycles. The van der Waals surface area contributed by atoms with Crippen LogP contribution in [0.5, 0.6) is 11.5 Å². The molecule has 21 nitrogen and oxygen atoms in total. The summed E-state index contributed by atoms with van der Waals surface area (Å²) < 4.78 is 26.4. The maximum absolute atomic E-state index is 13.4. The third-order valence-corrected chi connectivity index (χ3v) is 11.7. The van der Waals surface area contributed by atoms with Gasteiger partial charge in [0.25, 0.3) is 17.7 Å². The molecule has 67 heavy (non-hydrogen) atoms. The maximum atomic E-state index is 13.4. The molecule has 3 aromatic carbocycles. The van der Waals surface area contributed by atoms with Crippen LogP contribution in [0.15, 0.2) is 85.3 Å². The van der Waals surface area contributed by atoms with Crippen molar-refractivity contribution in [3.63, 3.8) is 0 Å². The normalized spacial score (nSPS) is 16.4. The van der Waals surface area contributed by atoms with Gasteiger partial charge in [0.2, 0.25) is 11.8 Å². The van der Waals surface area contributed by atoms with Gasteiger partial charge in [-0.05, 0) is 67.8 Å². The van der Waals surface area contributed by atoms with E-state index in [9.17, 15) is 24.0 Å². The second kappa shape index (κ2) is 20.3. The minimum atomic E-state index is -1.03. The summed E-state index contributed by atoms with van der Waals surface area (Å²) in [6, 6.07) is 21.1. The molecular formula is C46H48N12O9. The Bertz CT molecular complexity index is 2770. The SMILES string of the molecule is Nc1ncnc2c1c(-c1ccc(Oc3ccccc3)cc1)nn2C1CCN(C(=O)c2cn(CCOCCOCCOCCNc3cccc4c3C(=O)N(C3CCC(=O)NC3=O)C4=O)nn2)CC1. The van der Waals surface area contributed by atoms with Gasteiger partial charge in [-0.2, -0.15) is 5.10 Å². The van der Waals surface area contributed by atoms with Crippen LogP contribution in [0.1, 0.15) is 62.9 Å². The summed E-state index contributed by atoms with van der Waals surface area (Å²) in [5.41, 5.74) is 9.67. The number of anilines is 2. The lowest BCUT2D eigenvalue weighted by Gasteiger charge is -2.31. The molecule has 2 fully saturated rings. The number of nitrogens with one attached hydrogen (secondary N) is 2. The number of carbonyl (C=O) groups is 5. The quantitative estimate of drug-likeness (QED) is 0.0777. The van der Waals surface area contributed by atoms with E-state index in [0.717, 1.165) is 16.2 Å². The van der Waals surface area contributed by atoms with Crippen LogP contribution in [0.3, 0.4) is 0 Å². The highest BCUT2D eigenvalue weighted by molar-refractivity contribution is 6.25. The molecule has 0 saturated carbocycles. The van der Waals surface area contributed by atoms with Crippen LogP contribution in [0.4, 0.5) is 11.5 Å². The van der Waals surface area contributed by atoms with E-state index in [-0.39, 0.29) is 41.6 Å². The first-order valence-corrected chi connectivity index (χ1v) is 22.1. The monoisotopic (exact) mass is 912 g/mol. The van der Waals surface area contributed by atoms with E-state index in [2.05, 4.69) is 30.9 Å². The number of nitrogens with zero attached hydrogens (tertiary/aromatic N) is 9. The molecule has 0 spiro atoms. The number of fused-ring (bicyclic) bond motifs is 2. The van der Waals surface area contributed by atoms with Crippen LogP contribution in [0.25, 0.3) is 22.3 Å². The molecule has 5 amide bonds. The highest BCUT2D eigenvalue weighted by Gasteiger charge is 2.45. The largest absolute Gasteiger partial charge is 0.457 e. The molecule has 1 unspecified atom stereocenters. The van der Waals surface area contributed by atoms with Crippen molar-refractivity contribution in [3.05, 3.63) is 102 Å². The highest BCUT2D eigenvalue weighted by atomic mass is 16.5. The fraction of sp³-hybridized carbons (Fsp3) is 0.348. The molecule has 4 N–H and O–H groups in total. The number of hydrogen-bond acceptors (Lipinski definition) is 16. The smallest absolute Gasteiger partial charge is 0.276 e. The van der Waals surface area contributed by atoms with Crippen molar-refractivity contribution in [1.82, 2.24) is 49.9 Å². The van der Waals surface area contributed by atoms with Crippen molar-refractivity contribution in [2.24, 2.45) is 0 Å². The van der Waals surface area contributed by atoms with Crippen molar-refractivity contribution >= 4 is 52.1 Å². The standard InChI is InChI=1S/C46H48N12O9/c47-41-39-40(29-9-11-32(12-10-29)67-31-5-2-1-3-6-31)53-58(42(39)50-28-49-41)30-15-18-55(19-16-30)45(62)35-27-56(54-52-35)20-22-65-24-26-66-25-23-64-21-17-48-34-8-4-7-33-38(34)46(63)57(44(33)61)36-13-14-37(59)51-43(36)60/h1-12,27-28,30,36,48H,13-26H2,(H2,47,49,50)(H,51,59,60). The summed E-state index contributed by atoms with van der Waals surface area (Å²) in [7, 11) is 0. The van der Waals surface area contributed by atoms with Gasteiger partial charge in [0.15, 0.2) is 11.3 Å². The highest BCUT2D eigenvalue weighted by Crippen LogP contribution is 2.36. The number of benzene rings is 3. The van der Waals surface area contributed by atoms with Crippen molar-refractivity contribution in [2.75, 3.05) is 70.3 Å². The average molecular weight is 913 g/mol. The predicted octanol–water partition coefficient (Wildman–Crippen LogP) is 3.50. The van der Waals surface area contributed by atoms with Gasteiger partial charge >= 0.3 is 0 Å². The van der Waals surface area contributed by atoms with Gasteiger partial charge in [0, 0.05) is 37.3 Å². The number of aromatic nitrogens is 7. The van der Waals surface area contributed by atoms with Crippen LogP contribution in [-0.4, -0.2) is 139 Å². The van der Waals surface area contributed by atoms with E-state index >= 15 is 0 Å². The summed E-state index contributed by atoms with van der Waals surface area (Å²) in [6.45, 7) is 3.77. The molecule has 0 bridgehead atoms. The zero-order chi connectivity index (χ0) is 46.3. The van der Waals surface area contributed by atoms with Crippen LogP contribution in [0, 0.1) is 0 Å². The fourth-order valence-corrected chi connectivity index (χ4v) is 8.36. The zero-order valence-corrected chi connectivity index (χ0v) is 36.4. The van der Waals surface area contributed by atoms with Gasteiger partial charge in [-0.25, -0.2) is 19.3 Å². The Hall–Kier alpha value is -7.62. The number of imide groups is 2. The number of piperidine rings is 2. The Labute approximate surface area is 383 Å². The molecule has 21 heteroatoms. The Balaban J connectivity index is 0.660. The number of para-hydroxylation sites is 1. The number of carbonyl (C=O) groups excluding carboxylic acids is 5. The fourth-order valence-electron chi connectivity index (χ4n) is 8.36. The molecule has 0 radical (unpaired) electrons. The summed E-state index contributed by atoms with van der Waals surface area (Å²) in [6.07, 6.45) is 4.52. The van der Waals surface area contributed by atoms with Gasteiger partial charge in [0.1, 0.15) is 35.4 Å². The molecule has 3 aliphatic heterocycles. The molecule has 6 aromatic rings. The number of hydrogen-bond donors (Lipinski definition) is 3. The number of nitrogen functional groups attached to an aromatic ring is 1. The minimum Gasteiger partial charge on any atom is -0.457 e. The third kappa shape index (κ3) is 9.83. The topological polar surface area (TPSA) is 253 Å². The van der Waals surface area contributed by atoms with Crippen molar-refractivity contribution < 1.29 is 42.9 Å². The summed E-state index contributed by atoms with van der Waals surface area (Å²) in [5.74, 6) is -0.634. The van der Waals surface area contributed by atoms with Crippen LogP contribution >= 0.6 is 0 Å². The van der Waals surface area contributed by atoms with E-state index < -0.39 is 29.7 Å². The summed E-state index contributed by atoms with van der Waals surface area (Å²) >= 11 is 0. The second-order valence-corrected chi connectivity index (χ2v) is 16.0. The van der Waals surface area contributed by atoms with Gasteiger partial charge in [-0.3, -0.25) is 34.2 Å². The number of amides is 5. The molecule has 3 aromatic heterocycles. The molecule has 2 saturated heterocycles. The number of rotatable bonds is 19. The van der Waals surface area contributed by atoms with Crippen molar-refractivity contribution in [1.29, 1.82) is 0 Å². The Morgan fingerprint density at radius 3 is 2.30 bits per heavy atom. The first kappa shape index (κ1) is 44.6. The van der Waals surface area contributed by atoms with Gasteiger partial charge in [-0.15, -0.1) is 5.10 Å². The Morgan fingerprint density at radius 1 is 0.806 bits per heavy atom. The van der Waals surface area contributed by atoms with E-state index in [4.69, 9.17) is 29.8 Å². The zero-order valence-electron chi connectivity index (χ0n) is 36.4. The van der Waals surface area contributed by atoms with Crippen molar-refractivity contribution in [3.8, 4) is 22.8 Å². The molecule has 0 aliphatic carbocycles. The molecule has 3 aliphatic rings. The second-order valence-electron chi connectivity index (χ2n) is 16.0. The first-order chi connectivity index (χ1) is 32.7. The molecule has 346 valence electrons. The lowest BCUT2D eigenvalue weighted by Crippen LogP contribution is -2.54. The Morgan fingerprint density at radius 2 is 1.54 bits per heavy atom. The van der Waals surface area contributed by atoms with Crippen LogP contribution in [-0.2, 0) is 30.3 Å². The van der Waals surface area contributed by atoms with Gasteiger partial charge < -0.3 is 34.9 Å². The van der Waals surface area contributed by atoms with Crippen LogP contribution < -0.4 is 21.1 Å². The third-order valence-electron chi connectivity index (χ3n) is 11.7. The molecule has 1 atom stereocenters. The maximum Gasteiger partial charge on any atom is 0.276 e. The van der Waals surface area contributed by atoms with E-state index in [1.807, 2.05) is 59.3 Å². The molecular weight excluding hydrogens is 865 g/mol. The van der Waals surface area contributed by atoms with Gasteiger partial charge in [-0.1, -0.05) is 29.5 Å². The predicted molar refractivity (Wildman–Crippen MR) is 240 cm³/mol. The number of ether oxygens (including phenoxy) is 4. The van der Waals surface area contributed by atoms with Gasteiger partial charge in [0.05, 0.1) is 74.9 Å². The average Bonchev–Trinajstić information content (AvgIpc) is 4.05. The number of nitrogens with two attached hydrogens (primary N) is 1. The first-order valence-electron chi connectivity index (χ1n) is 22.1. The van der Waals surface area contributed by atoms with E-state index in [1.54, 1.807) is 34.0 Å². The Kier molecular flexibility index (Phi) is 13.5. The van der Waals surface area contributed by atoms with E-state index in [0.29, 0.717) is 113 Å². The summed E-state index contributed by atoms with van der Waals surface area (Å²) in [5, 5.41) is 19.3. The number of likely N-dealkylation sites (tertiary alicyclic amines) is 1. The lowest BCUT2D eigenvalue weighted by molar-refractivity contribution is -0.136. The van der Waals surface area contributed by atoms with E-state index in [1.165, 1.54) is 6.33 Å². The molecule has 9 rings (SSSR count). The lowest BCUT2D eigenvalue weighted by atomic mass is 10.0. The summed E-state index contributed by atoms with van der Waals surface area (Å²) in [4.78, 5) is 75.2.